The van der Waals surface area contributed by atoms with E-state index in [9.17, 15) is 15.3 Å². The quantitative estimate of drug-likeness (QED) is 0.444. The first-order valence-corrected chi connectivity index (χ1v) is 5.69. The zero-order valence-electron chi connectivity index (χ0n) is 8.19. The molecule has 5 nitrogen and oxygen atoms in total. The largest absolute Gasteiger partial charge is 0.394 e. The zero-order valence-corrected chi connectivity index (χ0v) is 9.01. The van der Waals surface area contributed by atoms with Crippen molar-refractivity contribution in [3.63, 3.8) is 0 Å². The van der Waals surface area contributed by atoms with Crippen LogP contribution in [0.25, 0.3) is 0 Å². The average molecular weight is 236 g/mol. The van der Waals surface area contributed by atoms with Gasteiger partial charge in [0.15, 0.2) is 0 Å². The fourth-order valence-electron chi connectivity index (χ4n) is 1.39. The van der Waals surface area contributed by atoms with Gasteiger partial charge in [-0.3, -0.25) is 0 Å². The van der Waals surface area contributed by atoms with Gasteiger partial charge in [0.1, 0.15) is 29.9 Å². The van der Waals surface area contributed by atoms with Crippen molar-refractivity contribution >= 4 is 11.8 Å². The minimum atomic E-state index is -1.18. The predicted molar refractivity (Wildman–Crippen MR) is 56.4 cm³/mol. The Kier molecular flexibility index (Phi) is 5.04. The standard InChI is InChI=1S/C9H16O5S/c1-2-3-15-9-7(13)6(12)8(14-9)5(11)4-10/h2,5-13H,1,3-4H2/t5-,6+,7+,8-,9-/m0/s1. The molecule has 0 aromatic carbocycles. The molecule has 88 valence electrons. The summed E-state index contributed by atoms with van der Waals surface area (Å²) in [4.78, 5) is 0. The lowest BCUT2D eigenvalue weighted by Gasteiger charge is -2.18. The second-order valence-electron chi connectivity index (χ2n) is 3.32. The maximum absolute atomic E-state index is 9.58. The summed E-state index contributed by atoms with van der Waals surface area (Å²) in [5.41, 5.74) is -0.593. The van der Waals surface area contributed by atoms with Crippen LogP contribution in [-0.4, -0.2) is 62.6 Å². The Balaban J connectivity index is 2.54. The third-order valence-electron chi connectivity index (χ3n) is 2.20. The molecule has 0 aromatic heterocycles. The average Bonchev–Trinajstić information content (AvgIpc) is 2.53. The third kappa shape index (κ3) is 2.93. The monoisotopic (exact) mass is 236 g/mol. The molecule has 15 heavy (non-hydrogen) atoms. The van der Waals surface area contributed by atoms with E-state index in [1.54, 1.807) is 6.08 Å². The zero-order chi connectivity index (χ0) is 11.4. The number of rotatable bonds is 5. The second kappa shape index (κ2) is 5.83. The van der Waals surface area contributed by atoms with Crippen LogP contribution in [0.1, 0.15) is 0 Å². The molecule has 1 fully saturated rings. The fraction of sp³-hybridized carbons (Fsp3) is 0.778. The smallest absolute Gasteiger partial charge is 0.132 e. The highest BCUT2D eigenvalue weighted by atomic mass is 32.2. The maximum Gasteiger partial charge on any atom is 0.132 e. The van der Waals surface area contributed by atoms with E-state index < -0.39 is 36.5 Å². The fourth-order valence-corrected chi connectivity index (χ4v) is 2.28. The van der Waals surface area contributed by atoms with Gasteiger partial charge < -0.3 is 25.2 Å². The topological polar surface area (TPSA) is 90.2 Å². The molecule has 1 heterocycles. The minimum Gasteiger partial charge on any atom is -0.394 e. The molecule has 0 unspecified atom stereocenters. The van der Waals surface area contributed by atoms with Crippen molar-refractivity contribution in [1.82, 2.24) is 0 Å². The van der Waals surface area contributed by atoms with Crippen LogP contribution in [0.3, 0.4) is 0 Å². The van der Waals surface area contributed by atoms with E-state index in [-0.39, 0.29) is 0 Å². The van der Waals surface area contributed by atoms with Crippen LogP contribution in [-0.2, 0) is 4.74 Å². The van der Waals surface area contributed by atoms with Crippen LogP contribution in [0, 0.1) is 0 Å². The van der Waals surface area contributed by atoms with Crippen LogP contribution in [0.5, 0.6) is 0 Å². The first-order valence-electron chi connectivity index (χ1n) is 4.64. The van der Waals surface area contributed by atoms with E-state index >= 15 is 0 Å². The highest BCUT2D eigenvalue weighted by molar-refractivity contribution is 7.99. The van der Waals surface area contributed by atoms with E-state index in [2.05, 4.69) is 6.58 Å². The number of hydrogen-bond acceptors (Lipinski definition) is 6. The number of hydrogen-bond donors (Lipinski definition) is 4. The molecule has 0 spiro atoms. The summed E-state index contributed by atoms with van der Waals surface area (Å²) in [7, 11) is 0. The summed E-state index contributed by atoms with van der Waals surface area (Å²) in [5.74, 6) is 0.580. The van der Waals surface area contributed by atoms with Crippen molar-refractivity contribution < 1.29 is 25.2 Å². The van der Waals surface area contributed by atoms with Crippen molar-refractivity contribution in [3.8, 4) is 0 Å². The van der Waals surface area contributed by atoms with Crippen LogP contribution < -0.4 is 0 Å². The van der Waals surface area contributed by atoms with Gasteiger partial charge in [-0.2, -0.15) is 0 Å². The summed E-state index contributed by atoms with van der Waals surface area (Å²) >= 11 is 1.28. The molecule has 1 saturated heterocycles. The number of thioether (sulfide) groups is 1. The number of ether oxygens (including phenoxy) is 1. The van der Waals surface area contributed by atoms with Gasteiger partial charge in [-0.25, -0.2) is 0 Å². The van der Waals surface area contributed by atoms with Gasteiger partial charge in [-0.15, -0.1) is 18.3 Å². The SMILES string of the molecule is C=CCS[C@@H]1O[C@@H]([C@@H](O)CO)[C@H](O)[C@H]1O. The van der Waals surface area contributed by atoms with E-state index in [1.165, 1.54) is 11.8 Å². The molecule has 1 aliphatic rings. The van der Waals surface area contributed by atoms with Gasteiger partial charge in [0, 0.05) is 5.75 Å². The van der Waals surface area contributed by atoms with Gasteiger partial charge in [0.05, 0.1) is 6.61 Å². The Labute approximate surface area is 92.4 Å². The van der Waals surface area contributed by atoms with Gasteiger partial charge in [-0.1, -0.05) is 6.08 Å². The normalized spacial score (nSPS) is 37.9. The van der Waals surface area contributed by atoms with Crippen LogP contribution >= 0.6 is 11.8 Å². The summed E-state index contributed by atoms with van der Waals surface area (Å²) in [5, 5.41) is 37.1. The van der Waals surface area contributed by atoms with E-state index in [1.807, 2.05) is 0 Å². The van der Waals surface area contributed by atoms with Gasteiger partial charge >= 0.3 is 0 Å². The van der Waals surface area contributed by atoms with Crippen molar-refractivity contribution in [1.29, 1.82) is 0 Å². The predicted octanol–water partition coefficient (Wildman–Crippen LogP) is -1.29. The van der Waals surface area contributed by atoms with Crippen LogP contribution in [0.2, 0.25) is 0 Å². The Morgan fingerprint density at radius 2 is 2.07 bits per heavy atom. The molecule has 0 aliphatic carbocycles. The third-order valence-corrected chi connectivity index (χ3v) is 3.35. The maximum atomic E-state index is 9.58. The van der Waals surface area contributed by atoms with E-state index in [0.29, 0.717) is 5.75 Å². The summed E-state index contributed by atoms with van der Waals surface area (Å²) in [6, 6.07) is 0. The molecule has 0 aromatic rings. The van der Waals surface area contributed by atoms with Gasteiger partial charge in [0.25, 0.3) is 0 Å². The Bertz CT molecular complexity index is 213. The van der Waals surface area contributed by atoms with Crippen molar-refractivity contribution in [3.05, 3.63) is 12.7 Å². The lowest BCUT2D eigenvalue weighted by atomic mass is 10.1. The number of aliphatic hydroxyl groups excluding tert-OH is 4. The van der Waals surface area contributed by atoms with Gasteiger partial charge in [0.2, 0.25) is 0 Å². The summed E-state index contributed by atoms with van der Waals surface area (Å²) in [6.07, 6.45) is -2.69. The molecule has 6 heteroatoms. The van der Waals surface area contributed by atoms with E-state index in [4.69, 9.17) is 9.84 Å². The second-order valence-corrected chi connectivity index (χ2v) is 4.45. The first kappa shape index (κ1) is 13.0. The molecule has 0 bridgehead atoms. The Morgan fingerprint density at radius 3 is 2.60 bits per heavy atom. The highest BCUT2D eigenvalue weighted by Gasteiger charge is 2.45. The minimum absolute atomic E-state index is 0.507. The van der Waals surface area contributed by atoms with Gasteiger partial charge in [-0.05, 0) is 0 Å². The molecule has 1 aliphatic heterocycles. The molecule has 0 radical (unpaired) electrons. The van der Waals surface area contributed by atoms with E-state index in [0.717, 1.165) is 0 Å². The molecular formula is C9H16O5S. The lowest BCUT2D eigenvalue weighted by Crippen LogP contribution is -2.40. The highest BCUT2D eigenvalue weighted by Crippen LogP contribution is 2.30. The molecule has 1 rings (SSSR count). The van der Waals surface area contributed by atoms with Crippen molar-refractivity contribution in [2.24, 2.45) is 0 Å². The number of aliphatic hydroxyl groups is 4. The summed E-state index contributed by atoms with van der Waals surface area (Å²) < 4.78 is 5.25. The Morgan fingerprint density at radius 1 is 1.40 bits per heavy atom. The molecular weight excluding hydrogens is 220 g/mol. The summed E-state index contributed by atoms with van der Waals surface area (Å²) in [6.45, 7) is 3.02. The lowest BCUT2D eigenvalue weighted by molar-refractivity contribution is -0.0713. The van der Waals surface area contributed by atoms with Crippen molar-refractivity contribution in [2.75, 3.05) is 12.4 Å². The molecule has 5 atom stereocenters. The Hall–Kier alpha value is -0.110. The molecule has 0 amide bonds. The first-order chi connectivity index (χ1) is 7.11. The molecule has 0 saturated carbocycles. The molecule has 4 N–H and O–H groups in total. The van der Waals surface area contributed by atoms with Crippen LogP contribution in [0.15, 0.2) is 12.7 Å². The van der Waals surface area contributed by atoms with Crippen LogP contribution in [0.4, 0.5) is 0 Å². The van der Waals surface area contributed by atoms with Crippen molar-refractivity contribution in [2.45, 2.75) is 29.9 Å².